The van der Waals surface area contributed by atoms with Gasteiger partial charge < -0.3 is 4.90 Å². The molecular formula is C12H13Br2NO2S2. The summed E-state index contributed by atoms with van der Waals surface area (Å²) >= 11 is 9.61. The standard InChI is InChI=1S/C12H13Br2NO2S2/c13-10-5-8(12(14)19-10)9(16)6-18-7-11(17)15-3-1-2-4-15/h5H,1-4,6-7H2. The Morgan fingerprint density at radius 3 is 2.53 bits per heavy atom. The van der Waals surface area contributed by atoms with Crippen molar-refractivity contribution in [3.8, 4) is 0 Å². The Labute approximate surface area is 137 Å². The number of thiophene rings is 1. The van der Waals surface area contributed by atoms with Gasteiger partial charge in [-0.25, -0.2) is 0 Å². The summed E-state index contributed by atoms with van der Waals surface area (Å²) in [5.41, 5.74) is 0.693. The van der Waals surface area contributed by atoms with Crippen LogP contribution in [-0.4, -0.2) is 41.2 Å². The average molecular weight is 427 g/mol. The molecule has 104 valence electrons. The first-order valence-electron chi connectivity index (χ1n) is 5.91. The first-order chi connectivity index (χ1) is 9.08. The third kappa shape index (κ3) is 4.31. The van der Waals surface area contributed by atoms with Gasteiger partial charge in [-0.3, -0.25) is 9.59 Å². The molecule has 1 aromatic heterocycles. The number of nitrogens with zero attached hydrogens (tertiary/aromatic N) is 1. The van der Waals surface area contributed by atoms with Gasteiger partial charge in [0.1, 0.15) is 0 Å². The second-order valence-electron chi connectivity index (χ2n) is 4.24. The average Bonchev–Trinajstić information content (AvgIpc) is 2.98. The van der Waals surface area contributed by atoms with Gasteiger partial charge in [-0.2, -0.15) is 0 Å². The van der Waals surface area contributed by atoms with Crippen molar-refractivity contribution >= 4 is 66.6 Å². The van der Waals surface area contributed by atoms with Gasteiger partial charge >= 0.3 is 0 Å². The van der Waals surface area contributed by atoms with E-state index in [1.165, 1.54) is 23.1 Å². The fourth-order valence-corrected chi connectivity index (χ4v) is 5.55. The van der Waals surface area contributed by atoms with Crippen LogP contribution in [0.3, 0.4) is 0 Å². The zero-order valence-corrected chi connectivity index (χ0v) is 15.0. The van der Waals surface area contributed by atoms with Gasteiger partial charge in [0, 0.05) is 18.7 Å². The van der Waals surface area contributed by atoms with E-state index in [0.717, 1.165) is 33.5 Å². The van der Waals surface area contributed by atoms with Gasteiger partial charge in [-0.05, 0) is 50.8 Å². The quantitative estimate of drug-likeness (QED) is 0.671. The van der Waals surface area contributed by atoms with E-state index in [9.17, 15) is 9.59 Å². The zero-order chi connectivity index (χ0) is 13.8. The van der Waals surface area contributed by atoms with Crippen LogP contribution in [0.25, 0.3) is 0 Å². The van der Waals surface area contributed by atoms with Crippen LogP contribution in [0.1, 0.15) is 23.2 Å². The maximum Gasteiger partial charge on any atom is 0.232 e. The second-order valence-corrected chi connectivity index (χ2v) is 8.98. The highest BCUT2D eigenvalue weighted by Crippen LogP contribution is 2.32. The molecule has 1 aliphatic rings. The van der Waals surface area contributed by atoms with Gasteiger partial charge in [0.15, 0.2) is 5.78 Å². The van der Waals surface area contributed by atoms with Gasteiger partial charge in [-0.1, -0.05) is 0 Å². The van der Waals surface area contributed by atoms with Gasteiger partial charge in [0.25, 0.3) is 0 Å². The number of likely N-dealkylation sites (tertiary alicyclic amines) is 1. The topological polar surface area (TPSA) is 37.4 Å². The molecule has 0 aliphatic carbocycles. The number of carbonyl (C=O) groups excluding carboxylic acids is 2. The largest absolute Gasteiger partial charge is 0.342 e. The molecule has 0 saturated carbocycles. The molecule has 0 radical (unpaired) electrons. The molecule has 1 amide bonds. The van der Waals surface area contributed by atoms with E-state index in [1.807, 2.05) is 11.0 Å². The molecule has 1 aromatic rings. The van der Waals surface area contributed by atoms with Gasteiger partial charge in [-0.15, -0.1) is 23.1 Å². The molecule has 0 spiro atoms. The number of thioether (sulfide) groups is 1. The highest BCUT2D eigenvalue weighted by Gasteiger charge is 2.19. The number of rotatable bonds is 5. The second kappa shape index (κ2) is 7.24. The molecule has 0 unspecified atom stereocenters. The van der Waals surface area contributed by atoms with E-state index in [1.54, 1.807) is 0 Å². The molecule has 0 atom stereocenters. The van der Waals surface area contributed by atoms with Crippen LogP contribution in [0.4, 0.5) is 0 Å². The smallest absolute Gasteiger partial charge is 0.232 e. The van der Waals surface area contributed by atoms with Crippen molar-refractivity contribution < 1.29 is 9.59 Å². The van der Waals surface area contributed by atoms with Crippen LogP contribution >= 0.6 is 55.0 Å². The highest BCUT2D eigenvalue weighted by molar-refractivity contribution is 9.12. The number of ketones is 1. The van der Waals surface area contributed by atoms with Crippen molar-refractivity contribution in [3.05, 3.63) is 19.2 Å². The lowest BCUT2D eigenvalue weighted by molar-refractivity contribution is -0.127. The SMILES string of the molecule is O=C(CSCC(=O)N1CCCC1)c1cc(Br)sc1Br. The van der Waals surface area contributed by atoms with Crippen LogP contribution in [0.2, 0.25) is 0 Å². The van der Waals surface area contributed by atoms with Crippen molar-refractivity contribution in [2.24, 2.45) is 0 Å². The van der Waals surface area contributed by atoms with E-state index in [0.29, 0.717) is 17.1 Å². The van der Waals surface area contributed by atoms with Crippen molar-refractivity contribution in [2.45, 2.75) is 12.8 Å². The zero-order valence-electron chi connectivity index (χ0n) is 10.2. The minimum atomic E-state index is 0.0630. The van der Waals surface area contributed by atoms with E-state index in [2.05, 4.69) is 31.9 Å². The van der Waals surface area contributed by atoms with Gasteiger partial charge in [0.05, 0.1) is 19.1 Å². The summed E-state index contributed by atoms with van der Waals surface area (Å²) < 4.78 is 1.77. The molecule has 0 N–H and O–H groups in total. The molecule has 1 aliphatic heterocycles. The Bertz CT molecular complexity index is 484. The summed E-state index contributed by atoms with van der Waals surface area (Å²) in [7, 11) is 0. The molecule has 0 aromatic carbocycles. The van der Waals surface area contributed by atoms with E-state index >= 15 is 0 Å². The molecule has 2 rings (SSSR count). The van der Waals surface area contributed by atoms with E-state index < -0.39 is 0 Å². The number of halogens is 2. The van der Waals surface area contributed by atoms with Crippen LogP contribution < -0.4 is 0 Å². The van der Waals surface area contributed by atoms with Crippen molar-refractivity contribution in [3.63, 3.8) is 0 Å². The third-order valence-electron chi connectivity index (χ3n) is 2.87. The fourth-order valence-electron chi connectivity index (χ4n) is 1.90. The van der Waals surface area contributed by atoms with Crippen molar-refractivity contribution in [1.82, 2.24) is 4.90 Å². The van der Waals surface area contributed by atoms with Crippen molar-refractivity contribution in [1.29, 1.82) is 0 Å². The van der Waals surface area contributed by atoms with Gasteiger partial charge in [0.2, 0.25) is 5.91 Å². The predicted octanol–water partition coefficient (Wildman–Crippen LogP) is 3.81. The summed E-state index contributed by atoms with van der Waals surface area (Å²) in [6.45, 7) is 1.74. The Hall–Kier alpha value is 0.150. The Morgan fingerprint density at radius 2 is 1.95 bits per heavy atom. The monoisotopic (exact) mass is 425 g/mol. The molecule has 3 nitrogen and oxygen atoms in total. The third-order valence-corrected chi connectivity index (χ3v) is 6.13. The summed E-state index contributed by atoms with van der Waals surface area (Å²) in [4.78, 5) is 25.7. The molecule has 1 fully saturated rings. The molecule has 19 heavy (non-hydrogen) atoms. The highest BCUT2D eigenvalue weighted by atomic mass is 79.9. The lowest BCUT2D eigenvalue weighted by atomic mass is 10.2. The maximum absolute atomic E-state index is 12.0. The summed E-state index contributed by atoms with van der Waals surface area (Å²) in [6, 6.07) is 1.82. The first-order valence-corrected chi connectivity index (χ1v) is 9.47. The maximum atomic E-state index is 12.0. The summed E-state index contributed by atoms with van der Waals surface area (Å²) in [5, 5.41) is 0. The molecule has 2 heterocycles. The molecule has 7 heteroatoms. The summed E-state index contributed by atoms with van der Waals surface area (Å²) in [5.74, 6) is 0.963. The first kappa shape index (κ1) is 15.5. The van der Waals surface area contributed by atoms with E-state index in [-0.39, 0.29) is 11.7 Å². The number of Topliss-reactive ketones (excluding diaryl/α,β-unsaturated/α-hetero) is 1. The van der Waals surface area contributed by atoms with Crippen LogP contribution in [-0.2, 0) is 4.79 Å². The Morgan fingerprint density at radius 1 is 1.26 bits per heavy atom. The fraction of sp³-hybridized carbons (Fsp3) is 0.500. The number of hydrogen-bond acceptors (Lipinski definition) is 4. The molecule has 0 bridgehead atoms. The number of amides is 1. The summed E-state index contributed by atoms with van der Waals surface area (Å²) in [6.07, 6.45) is 2.20. The molecule has 1 saturated heterocycles. The minimum absolute atomic E-state index is 0.0630. The lowest BCUT2D eigenvalue weighted by Gasteiger charge is -2.14. The number of hydrogen-bond donors (Lipinski definition) is 0. The Balaban J connectivity index is 1.77. The number of carbonyl (C=O) groups is 2. The molecular weight excluding hydrogens is 414 g/mol. The Kier molecular flexibility index (Phi) is 5.92. The minimum Gasteiger partial charge on any atom is -0.342 e. The lowest BCUT2D eigenvalue weighted by Crippen LogP contribution is -2.29. The van der Waals surface area contributed by atoms with Crippen LogP contribution in [0.5, 0.6) is 0 Å². The van der Waals surface area contributed by atoms with Crippen LogP contribution in [0, 0.1) is 0 Å². The normalized spacial score (nSPS) is 14.9. The van der Waals surface area contributed by atoms with Crippen molar-refractivity contribution in [2.75, 3.05) is 24.6 Å². The van der Waals surface area contributed by atoms with Crippen LogP contribution in [0.15, 0.2) is 13.6 Å². The van der Waals surface area contributed by atoms with E-state index in [4.69, 9.17) is 0 Å². The predicted molar refractivity (Wildman–Crippen MR) is 87.2 cm³/mol.